The Morgan fingerprint density at radius 2 is 0.737 bits per heavy atom. The molecular formula is C70H129O24P. The van der Waals surface area contributed by atoms with Crippen LogP contribution in [-0.2, 0) is 61.2 Å². The van der Waals surface area contributed by atoms with E-state index in [0.29, 0.717) is 19.3 Å². The van der Waals surface area contributed by atoms with Gasteiger partial charge in [0.05, 0.1) is 13.2 Å². The third-order valence-corrected chi connectivity index (χ3v) is 19.3. The van der Waals surface area contributed by atoms with E-state index in [1.807, 2.05) is 0 Å². The number of esters is 3. The standard InChI is InChI=1S/C70H129O24P/c1-4-7-10-13-16-19-22-25-28-31-34-37-40-43-46-56(74)89-51(48-86-54(72)44-41-38-35-32-29-26-23-20-17-14-11-8-5-2)49-88-95(84,85)94-68-66(92-69-64(82)59(77)57(75)52(47-71)90-69)62(80)61(79)63(81)67(68)93-70-65(83)60(78)58(76)53(91-70)50-87-55(73)45-42-39-36-33-30-27-24-21-18-15-12-9-6-3/h27,30,51-53,57-71,75-83H,4-26,28-29,31-50H2,1-3H3,(H,84,85)/b30-27-. The molecular weight excluding hydrogens is 1260 g/mol. The van der Waals surface area contributed by atoms with Gasteiger partial charge in [0.1, 0.15) is 98.7 Å². The number of hydrogen-bond acceptors (Lipinski definition) is 23. The lowest BCUT2D eigenvalue weighted by Gasteiger charge is -2.49. The fourth-order valence-corrected chi connectivity index (χ4v) is 13.2. The smallest absolute Gasteiger partial charge is 0.463 e. The lowest BCUT2D eigenvalue weighted by Crippen LogP contribution is -2.69. The lowest BCUT2D eigenvalue weighted by atomic mass is 9.84. The van der Waals surface area contributed by atoms with E-state index in [2.05, 4.69) is 32.9 Å². The van der Waals surface area contributed by atoms with E-state index in [-0.39, 0.29) is 19.3 Å². The summed E-state index contributed by atoms with van der Waals surface area (Å²) in [5.74, 6) is -2.00. The third-order valence-electron chi connectivity index (χ3n) is 18.3. The monoisotopic (exact) mass is 1380 g/mol. The second-order valence-corrected chi connectivity index (χ2v) is 28.1. The van der Waals surface area contributed by atoms with Gasteiger partial charge in [0, 0.05) is 19.3 Å². The van der Waals surface area contributed by atoms with Crippen LogP contribution >= 0.6 is 7.82 Å². The second-order valence-electron chi connectivity index (χ2n) is 26.7. The first-order chi connectivity index (χ1) is 45.8. The average molecular weight is 1390 g/mol. The van der Waals surface area contributed by atoms with Crippen LogP contribution in [0.4, 0.5) is 0 Å². The van der Waals surface area contributed by atoms with Gasteiger partial charge in [0.2, 0.25) is 0 Å². The van der Waals surface area contributed by atoms with Gasteiger partial charge in [0.25, 0.3) is 0 Å². The van der Waals surface area contributed by atoms with Crippen LogP contribution in [0.25, 0.3) is 0 Å². The summed E-state index contributed by atoms with van der Waals surface area (Å²) in [7, 11) is -5.69. The van der Waals surface area contributed by atoms with Gasteiger partial charge in [-0.2, -0.15) is 0 Å². The number of ether oxygens (including phenoxy) is 7. The Hall–Kier alpha value is -2.30. The van der Waals surface area contributed by atoms with Crippen LogP contribution in [0.1, 0.15) is 284 Å². The van der Waals surface area contributed by atoms with E-state index in [1.54, 1.807) is 0 Å². The van der Waals surface area contributed by atoms with Crippen molar-refractivity contribution in [2.75, 3.05) is 26.4 Å². The van der Waals surface area contributed by atoms with E-state index >= 15 is 0 Å². The van der Waals surface area contributed by atoms with Crippen LogP contribution in [0.5, 0.6) is 0 Å². The van der Waals surface area contributed by atoms with Crippen LogP contribution in [0.3, 0.4) is 0 Å². The number of hydrogen-bond donors (Lipinski definition) is 11. The minimum atomic E-state index is -5.69. The Morgan fingerprint density at radius 1 is 0.400 bits per heavy atom. The van der Waals surface area contributed by atoms with Crippen molar-refractivity contribution in [2.24, 2.45) is 0 Å². The maximum atomic E-state index is 14.3. The SMILES string of the molecule is CCCCCCCC/C=C\CCCCCC(=O)OCC1OC(OC2C(O)C(O)C(O)C(OC3OC(CO)C(O)C(O)C3O)C2OP(=O)(O)OCC(COC(=O)CCCCCCCCCCCCCCC)OC(=O)CCCCCCCCCCCCCCCC)C(O)C(O)C1O. The zero-order chi connectivity index (χ0) is 69.6. The topological polar surface area (TPSA) is 374 Å². The molecule has 2 aliphatic heterocycles. The minimum Gasteiger partial charge on any atom is -0.463 e. The number of aliphatic hydroxyl groups excluding tert-OH is 10. The van der Waals surface area contributed by atoms with E-state index in [1.165, 1.54) is 128 Å². The Balaban J connectivity index is 1.75. The normalized spacial score (nSPS) is 28.1. The van der Waals surface area contributed by atoms with Crippen LogP contribution < -0.4 is 0 Å². The molecule has 0 bridgehead atoms. The molecule has 2 heterocycles. The molecule has 558 valence electrons. The summed E-state index contributed by atoms with van der Waals surface area (Å²) < 4.78 is 64.9. The summed E-state index contributed by atoms with van der Waals surface area (Å²) in [5.41, 5.74) is 0. The maximum Gasteiger partial charge on any atom is 0.472 e. The predicted molar refractivity (Wildman–Crippen MR) is 356 cm³/mol. The number of phosphoric acid groups is 1. The number of rotatable bonds is 57. The zero-order valence-electron chi connectivity index (χ0n) is 58.0. The van der Waals surface area contributed by atoms with Crippen LogP contribution in [0.15, 0.2) is 12.2 Å². The van der Waals surface area contributed by atoms with Gasteiger partial charge >= 0.3 is 25.7 Å². The van der Waals surface area contributed by atoms with E-state index in [0.717, 1.165) is 96.3 Å². The number of unbranched alkanes of at least 4 members (excludes halogenated alkanes) is 34. The molecule has 1 saturated carbocycles. The summed E-state index contributed by atoms with van der Waals surface area (Å²) in [6.45, 7) is 3.42. The molecule has 0 aromatic carbocycles. The number of aliphatic hydroxyl groups is 10. The Kier molecular flexibility index (Phi) is 48.2. The average Bonchev–Trinajstić information content (AvgIpc) is 0.764. The zero-order valence-corrected chi connectivity index (χ0v) is 58.9. The molecule has 11 N–H and O–H groups in total. The highest BCUT2D eigenvalue weighted by Gasteiger charge is 2.58. The summed E-state index contributed by atoms with van der Waals surface area (Å²) in [6, 6.07) is 0. The maximum absolute atomic E-state index is 14.3. The van der Waals surface area contributed by atoms with Gasteiger partial charge in [-0.15, -0.1) is 0 Å². The molecule has 0 amide bonds. The lowest BCUT2D eigenvalue weighted by molar-refractivity contribution is -0.360. The molecule has 18 unspecified atom stereocenters. The highest BCUT2D eigenvalue weighted by Crippen LogP contribution is 2.49. The summed E-state index contributed by atoms with van der Waals surface area (Å²) in [5, 5.41) is 110. The van der Waals surface area contributed by atoms with E-state index < -0.39 is 156 Å². The summed E-state index contributed by atoms with van der Waals surface area (Å²) >= 11 is 0. The summed E-state index contributed by atoms with van der Waals surface area (Å²) in [4.78, 5) is 50.9. The van der Waals surface area contributed by atoms with Crippen LogP contribution in [0, 0.1) is 0 Å². The Bertz CT molecular complexity index is 2020. The van der Waals surface area contributed by atoms with Crippen molar-refractivity contribution in [3.8, 4) is 0 Å². The number of carbonyl (C=O) groups excluding carboxylic acids is 3. The van der Waals surface area contributed by atoms with Gasteiger partial charge in [0.15, 0.2) is 18.7 Å². The molecule has 0 aromatic rings. The molecule has 0 aromatic heterocycles. The molecule has 3 fully saturated rings. The molecule has 2 saturated heterocycles. The van der Waals surface area contributed by atoms with Crippen molar-refractivity contribution >= 4 is 25.7 Å². The first-order valence-corrected chi connectivity index (χ1v) is 38.5. The van der Waals surface area contributed by atoms with Gasteiger partial charge in [-0.1, -0.05) is 232 Å². The number of phosphoric ester groups is 1. The molecule has 95 heavy (non-hydrogen) atoms. The number of allylic oxidation sites excluding steroid dienone is 2. The highest BCUT2D eigenvalue weighted by atomic mass is 31.2. The molecule has 24 nitrogen and oxygen atoms in total. The molecule has 0 radical (unpaired) electrons. The molecule has 3 aliphatic rings. The van der Waals surface area contributed by atoms with Gasteiger partial charge in [-0.05, 0) is 44.9 Å². The second kappa shape index (κ2) is 52.6. The third kappa shape index (κ3) is 36.2. The molecule has 0 spiro atoms. The highest BCUT2D eigenvalue weighted by molar-refractivity contribution is 7.47. The van der Waals surface area contributed by atoms with Gasteiger partial charge in [-0.3, -0.25) is 23.4 Å². The first-order valence-electron chi connectivity index (χ1n) is 37.0. The molecule has 1 aliphatic carbocycles. The van der Waals surface area contributed by atoms with Crippen molar-refractivity contribution in [2.45, 2.75) is 388 Å². The van der Waals surface area contributed by atoms with E-state index in [4.69, 9.17) is 42.2 Å². The van der Waals surface area contributed by atoms with Crippen molar-refractivity contribution in [1.29, 1.82) is 0 Å². The van der Waals surface area contributed by atoms with E-state index in [9.17, 15) is 74.9 Å². The van der Waals surface area contributed by atoms with Gasteiger partial charge in [-0.25, -0.2) is 4.57 Å². The van der Waals surface area contributed by atoms with Crippen LogP contribution in [0.2, 0.25) is 0 Å². The Morgan fingerprint density at radius 3 is 1.15 bits per heavy atom. The van der Waals surface area contributed by atoms with Crippen molar-refractivity contribution in [3.63, 3.8) is 0 Å². The summed E-state index contributed by atoms with van der Waals surface area (Å²) in [6.07, 6.45) is 10.0. The van der Waals surface area contributed by atoms with Crippen molar-refractivity contribution < 1.29 is 117 Å². The quantitative estimate of drug-likeness (QED) is 0.00887. The predicted octanol–water partition coefficient (Wildman–Crippen LogP) is 9.57. The molecule has 25 heteroatoms. The minimum absolute atomic E-state index is 0.00934. The van der Waals surface area contributed by atoms with Gasteiger partial charge < -0.3 is 89.1 Å². The first kappa shape index (κ1) is 86.9. The van der Waals surface area contributed by atoms with Crippen LogP contribution in [-0.4, -0.2) is 204 Å². The molecule has 18 atom stereocenters. The largest absolute Gasteiger partial charge is 0.472 e. The fourth-order valence-electron chi connectivity index (χ4n) is 12.2. The van der Waals surface area contributed by atoms with Crippen molar-refractivity contribution in [1.82, 2.24) is 0 Å². The fraction of sp³-hybridized carbons (Fsp3) is 0.929. The molecule has 3 rings (SSSR count). The Labute approximate surface area is 567 Å². The van der Waals surface area contributed by atoms with Crippen molar-refractivity contribution in [3.05, 3.63) is 12.2 Å². The number of carbonyl (C=O) groups is 3.